The van der Waals surface area contributed by atoms with Crippen molar-refractivity contribution < 1.29 is 28.0 Å². The summed E-state index contributed by atoms with van der Waals surface area (Å²) in [6.45, 7) is 8.18. The van der Waals surface area contributed by atoms with E-state index in [2.05, 4.69) is 16.5 Å². The molecule has 1 amide bonds. The summed E-state index contributed by atoms with van der Waals surface area (Å²) in [5.41, 5.74) is 3.25. The number of benzene rings is 1. The SMILES string of the molecule is C=CC(=O)N(C)c1cc(OC)cc(-c2cnc3c(c2)c(-c2ccnc(C#N)c2)cn3COP(=O)(O)OC(C)(C)C)c1. The van der Waals surface area contributed by atoms with Crippen molar-refractivity contribution in [3.63, 3.8) is 0 Å². The van der Waals surface area contributed by atoms with Gasteiger partial charge in [-0.3, -0.25) is 13.8 Å². The quantitative estimate of drug-likeness (QED) is 0.197. The van der Waals surface area contributed by atoms with E-state index in [1.807, 2.05) is 24.3 Å². The zero-order valence-electron chi connectivity index (χ0n) is 23.4. The lowest BCUT2D eigenvalue weighted by Crippen LogP contribution is -2.23. The zero-order valence-corrected chi connectivity index (χ0v) is 24.3. The van der Waals surface area contributed by atoms with Crippen LogP contribution in [-0.4, -0.2) is 45.1 Å². The molecule has 4 aromatic rings. The first kappa shape index (κ1) is 29.6. The van der Waals surface area contributed by atoms with Gasteiger partial charge >= 0.3 is 7.82 Å². The van der Waals surface area contributed by atoms with Crippen LogP contribution in [0.15, 0.2) is 67.6 Å². The molecule has 0 bridgehead atoms. The van der Waals surface area contributed by atoms with Crippen LogP contribution in [-0.2, 0) is 25.1 Å². The van der Waals surface area contributed by atoms with Crippen molar-refractivity contribution in [2.75, 3.05) is 19.1 Å². The third-order valence-electron chi connectivity index (χ3n) is 6.00. The van der Waals surface area contributed by atoms with Gasteiger partial charge in [0.2, 0.25) is 5.91 Å². The third kappa shape index (κ3) is 6.88. The molecule has 212 valence electrons. The molecule has 1 unspecified atom stereocenters. The summed E-state index contributed by atoms with van der Waals surface area (Å²) >= 11 is 0. The highest BCUT2D eigenvalue weighted by Crippen LogP contribution is 2.48. The Labute approximate surface area is 237 Å². The van der Waals surface area contributed by atoms with Crippen molar-refractivity contribution >= 4 is 30.5 Å². The van der Waals surface area contributed by atoms with Crippen molar-refractivity contribution in [3.05, 3.63) is 73.3 Å². The van der Waals surface area contributed by atoms with Crippen LogP contribution < -0.4 is 9.64 Å². The molecule has 1 N–H and O–H groups in total. The summed E-state index contributed by atoms with van der Waals surface area (Å²) in [5.74, 6) is 0.262. The van der Waals surface area contributed by atoms with E-state index in [9.17, 15) is 19.5 Å². The van der Waals surface area contributed by atoms with Gasteiger partial charge in [0.1, 0.15) is 29.9 Å². The molecule has 0 aliphatic carbocycles. The summed E-state index contributed by atoms with van der Waals surface area (Å²) in [5, 5.41) is 10.1. The topological polar surface area (TPSA) is 140 Å². The van der Waals surface area contributed by atoms with Crippen molar-refractivity contribution in [1.82, 2.24) is 14.5 Å². The van der Waals surface area contributed by atoms with Crippen LogP contribution in [0.25, 0.3) is 33.3 Å². The molecule has 41 heavy (non-hydrogen) atoms. The first-order valence-electron chi connectivity index (χ1n) is 12.5. The number of ether oxygens (including phenoxy) is 1. The van der Waals surface area contributed by atoms with Crippen LogP contribution in [0.5, 0.6) is 5.75 Å². The number of fused-ring (bicyclic) bond motifs is 1. The van der Waals surface area contributed by atoms with Gasteiger partial charge in [-0.25, -0.2) is 14.5 Å². The number of anilines is 1. The second-order valence-corrected chi connectivity index (χ2v) is 11.5. The van der Waals surface area contributed by atoms with Gasteiger partial charge in [0, 0.05) is 53.9 Å². The normalized spacial score (nSPS) is 12.9. The number of carbonyl (C=O) groups excluding carboxylic acids is 1. The predicted octanol–water partition coefficient (Wildman–Crippen LogP) is 5.68. The molecule has 12 heteroatoms. The van der Waals surface area contributed by atoms with Crippen LogP contribution in [0, 0.1) is 11.3 Å². The first-order valence-corrected chi connectivity index (χ1v) is 14.0. The Balaban J connectivity index is 1.85. The molecule has 0 spiro atoms. The van der Waals surface area contributed by atoms with E-state index in [0.717, 1.165) is 11.1 Å². The number of nitriles is 1. The number of likely N-dealkylation sites (N-methyl/N-ethyl adjacent to an activating group) is 1. The molecule has 0 saturated heterocycles. The van der Waals surface area contributed by atoms with Gasteiger partial charge in [0.05, 0.1) is 12.7 Å². The average Bonchev–Trinajstić information content (AvgIpc) is 3.31. The number of carbonyl (C=O) groups is 1. The van der Waals surface area contributed by atoms with Crippen molar-refractivity contribution in [1.29, 1.82) is 5.26 Å². The van der Waals surface area contributed by atoms with Gasteiger partial charge in [-0.1, -0.05) is 6.58 Å². The van der Waals surface area contributed by atoms with Crippen LogP contribution >= 0.6 is 7.82 Å². The fraction of sp³-hybridized carbons (Fsp3) is 0.241. The highest BCUT2D eigenvalue weighted by atomic mass is 31.2. The minimum Gasteiger partial charge on any atom is -0.497 e. The van der Waals surface area contributed by atoms with E-state index in [4.69, 9.17) is 13.8 Å². The molecule has 1 atom stereocenters. The van der Waals surface area contributed by atoms with Crippen LogP contribution in [0.4, 0.5) is 5.69 Å². The third-order valence-corrected chi connectivity index (χ3v) is 7.22. The van der Waals surface area contributed by atoms with Gasteiger partial charge in [0.25, 0.3) is 0 Å². The Bertz CT molecular complexity index is 1720. The Morgan fingerprint density at radius 1 is 1.20 bits per heavy atom. The van der Waals surface area contributed by atoms with Crippen molar-refractivity contribution in [2.24, 2.45) is 0 Å². The minimum absolute atomic E-state index is 0.231. The number of pyridine rings is 2. The van der Waals surface area contributed by atoms with Gasteiger partial charge in [0.15, 0.2) is 0 Å². The van der Waals surface area contributed by atoms with E-state index >= 15 is 0 Å². The maximum Gasteiger partial charge on any atom is 0.474 e. The monoisotopic (exact) mass is 575 g/mol. The molecule has 3 heterocycles. The Morgan fingerprint density at radius 2 is 1.95 bits per heavy atom. The van der Waals surface area contributed by atoms with Crippen LogP contribution in [0.2, 0.25) is 0 Å². The van der Waals surface area contributed by atoms with Crippen LogP contribution in [0.3, 0.4) is 0 Å². The number of phosphoric acid groups is 1. The number of aromatic nitrogens is 3. The predicted molar refractivity (Wildman–Crippen MR) is 155 cm³/mol. The molecule has 1 aromatic carbocycles. The number of hydrogen-bond donors (Lipinski definition) is 1. The maximum absolute atomic E-state index is 12.5. The summed E-state index contributed by atoms with van der Waals surface area (Å²) in [4.78, 5) is 32.7. The fourth-order valence-electron chi connectivity index (χ4n) is 4.15. The Kier molecular flexibility index (Phi) is 8.42. The lowest BCUT2D eigenvalue weighted by atomic mass is 10.0. The fourth-order valence-corrected chi connectivity index (χ4v) is 5.17. The van der Waals surface area contributed by atoms with Gasteiger partial charge in [-0.2, -0.15) is 5.26 Å². The van der Waals surface area contributed by atoms with Crippen molar-refractivity contribution in [2.45, 2.75) is 33.1 Å². The number of hydrogen-bond acceptors (Lipinski definition) is 8. The average molecular weight is 576 g/mol. The highest BCUT2D eigenvalue weighted by Gasteiger charge is 2.29. The summed E-state index contributed by atoms with van der Waals surface area (Å²) in [6.07, 6.45) is 6.13. The zero-order chi connectivity index (χ0) is 29.9. The number of rotatable bonds is 9. The Morgan fingerprint density at radius 3 is 2.61 bits per heavy atom. The molecular weight excluding hydrogens is 545 g/mol. The largest absolute Gasteiger partial charge is 0.497 e. The maximum atomic E-state index is 12.5. The van der Waals surface area contributed by atoms with Crippen molar-refractivity contribution in [3.8, 4) is 34.1 Å². The number of amides is 1. The number of methoxy groups -OCH3 is 1. The van der Waals surface area contributed by atoms with E-state index < -0.39 is 13.4 Å². The minimum atomic E-state index is -4.38. The molecular formula is C29H30N5O6P. The lowest BCUT2D eigenvalue weighted by molar-refractivity contribution is -0.113. The van der Waals surface area contributed by atoms with E-state index in [1.165, 1.54) is 24.3 Å². The number of phosphoric ester groups is 1. The molecule has 3 aromatic heterocycles. The highest BCUT2D eigenvalue weighted by molar-refractivity contribution is 7.47. The molecule has 0 fully saturated rings. The van der Waals surface area contributed by atoms with E-state index in [0.29, 0.717) is 33.6 Å². The van der Waals surface area contributed by atoms with Gasteiger partial charge in [-0.05, 0) is 68.3 Å². The van der Waals surface area contributed by atoms with Gasteiger partial charge in [-0.15, -0.1) is 0 Å². The molecule has 0 saturated carbocycles. The van der Waals surface area contributed by atoms with E-state index in [-0.39, 0.29) is 18.3 Å². The second-order valence-electron chi connectivity index (χ2n) is 10.1. The molecule has 11 nitrogen and oxygen atoms in total. The van der Waals surface area contributed by atoms with Gasteiger partial charge < -0.3 is 19.1 Å². The number of nitrogens with zero attached hydrogens (tertiary/aromatic N) is 5. The summed E-state index contributed by atoms with van der Waals surface area (Å²) in [6, 6.07) is 12.7. The molecule has 0 radical (unpaired) electrons. The standard InChI is InChI=1S/C29H30N5O6P/c1-7-27(35)33(5)23-11-20(12-24(14-23)38-6)21-13-25-26(19-8-9-31-22(10-19)15-30)17-34(28(25)32-16-21)18-39-41(36,37)40-29(2,3)4/h7-14,16-17H,1,18H2,2-6H3,(H,36,37). The molecule has 0 aliphatic heterocycles. The lowest BCUT2D eigenvalue weighted by Gasteiger charge is -2.22. The summed E-state index contributed by atoms with van der Waals surface area (Å²) in [7, 11) is -1.20. The molecule has 0 aliphatic rings. The summed E-state index contributed by atoms with van der Waals surface area (Å²) < 4.78 is 30.1. The molecule has 4 rings (SSSR count). The van der Waals surface area contributed by atoms with E-state index in [1.54, 1.807) is 63.0 Å². The second kappa shape index (κ2) is 11.6. The smallest absolute Gasteiger partial charge is 0.474 e. The first-order chi connectivity index (χ1) is 19.3. The Hall–Kier alpha value is -4.33. The van der Waals surface area contributed by atoms with Crippen LogP contribution in [0.1, 0.15) is 26.5 Å².